The fourth-order valence-electron chi connectivity index (χ4n) is 2.96. The van der Waals surface area contributed by atoms with Crippen LogP contribution in [0, 0.1) is 0 Å². The van der Waals surface area contributed by atoms with Crippen LogP contribution in [0.2, 0.25) is 0 Å². The third-order valence-corrected chi connectivity index (χ3v) is 6.13. The summed E-state index contributed by atoms with van der Waals surface area (Å²) < 4.78 is 4.24. The van der Waals surface area contributed by atoms with Gasteiger partial charge in [-0.3, -0.25) is 18.6 Å². The predicted octanol–water partition coefficient (Wildman–Crippen LogP) is 3.64. The number of nitrogens with zero attached hydrogens (tertiary/aromatic N) is 4. The third kappa shape index (κ3) is 3.55. The van der Waals surface area contributed by atoms with E-state index in [2.05, 4.69) is 22.4 Å². The van der Waals surface area contributed by atoms with Crippen molar-refractivity contribution in [2.24, 2.45) is 0 Å². The lowest BCUT2D eigenvalue weighted by Gasteiger charge is -2.08. The number of nitrogens with one attached hydrogen (secondary N) is 1. The van der Waals surface area contributed by atoms with Crippen LogP contribution in [0.1, 0.15) is 19.8 Å². The standard InChI is InChI=1S/C19H19N5O2S2/c1-2-3-10-23-17(26)16-14(9-11-27-16)24-18(23)21-22-19(24)28-12-15(25)20-13-7-5-4-6-8-13/h4-9,11H,2-3,10,12H2,1H3,(H,20,25). The Morgan fingerprint density at radius 1 is 1.21 bits per heavy atom. The van der Waals surface area contributed by atoms with Crippen LogP contribution in [0.3, 0.4) is 0 Å². The van der Waals surface area contributed by atoms with Crippen LogP contribution in [0.4, 0.5) is 5.69 Å². The van der Waals surface area contributed by atoms with Gasteiger partial charge in [-0.25, -0.2) is 0 Å². The molecule has 0 atom stereocenters. The quantitative estimate of drug-likeness (QED) is 0.468. The number of benzene rings is 1. The highest BCUT2D eigenvalue weighted by atomic mass is 32.2. The number of carbonyl (C=O) groups excluding carboxylic acids is 1. The Bertz CT molecular complexity index is 1180. The summed E-state index contributed by atoms with van der Waals surface area (Å²) in [5.74, 6) is 0.610. The molecule has 0 saturated carbocycles. The van der Waals surface area contributed by atoms with Crippen LogP contribution in [0.25, 0.3) is 16.0 Å². The van der Waals surface area contributed by atoms with Crippen molar-refractivity contribution in [1.82, 2.24) is 19.2 Å². The molecule has 28 heavy (non-hydrogen) atoms. The van der Waals surface area contributed by atoms with Crippen molar-refractivity contribution in [1.29, 1.82) is 0 Å². The summed E-state index contributed by atoms with van der Waals surface area (Å²) in [6.07, 6.45) is 1.87. The van der Waals surface area contributed by atoms with Gasteiger partial charge in [-0.15, -0.1) is 21.5 Å². The molecular formula is C19H19N5O2S2. The highest BCUT2D eigenvalue weighted by Gasteiger charge is 2.18. The fourth-order valence-corrected chi connectivity index (χ4v) is 4.52. The van der Waals surface area contributed by atoms with Crippen molar-refractivity contribution in [3.05, 3.63) is 52.1 Å². The molecule has 0 aliphatic carbocycles. The molecule has 0 saturated heterocycles. The van der Waals surface area contributed by atoms with Gasteiger partial charge in [0.05, 0.1) is 11.3 Å². The number of fused-ring (bicyclic) bond motifs is 3. The molecular weight excluding hydrogens is 394 g/mol. The van der Waals surface area contributed by atoms with E-state index in [9.17, 15) is 9.59 Å². The molecule has 0 fully saturated rings. The normalized spacial score (nSPS) is 11.3. The fraction of sp³-hybridized carbons (Fsp3) is 0.263. The second kappa shape index (κ2) is 8.15. The van der Waals surface area contributed by atoms with Crippen LogP contribution in [-0.2, 0) is 11.3 Å². The maximum Gasteiger partial charge on any atom is 0.272 e. The van der Waals surface area contributed by atoms with E-state index in [1.807, 2.05) is 46.2 Å². The second-order valence-corrected chi connectivity index (χ2v) is 8.12. The largest absolute Gasteiger partial charge is 0.325 e. The predicted molar refractivity (Wildman–Crippen MR) is 113 cm³/mol. The topological polar surface area (TPSA) is 81.3 Å². The van der Waals surface area contributed by atoms with Gasteiger partial charge in [0.1, 0.15) is 4.70 Å². The molecule has 1 amide bonds. The van der Waals surface area contributed by atoms with Gasteiger partial charge in [-0.1, -0.05) is 43.3 Å². The Hall–Kier alpha value is -2.65. The first-order valence-electron chi connectivity index (χ1n) is 9.02. The molecule has 0 radical (unpaired) electrons. The summed E-state index contributed by atoms with van der Waals surface area (Å²) in [6.45, 7) is 2.69. The van der Waals surface area contributed by atoms with Crippen LogP contribution in [-0.4, -0.2) is 30.8 Å². The molecule has 3 aromatic heterocycles. The van der Waals surface area contributed by atoms with E-state index >= 15 is 0 Å². The Kier molecular flexibility index (Phi) is 5.45. The van der Waals surface area contributed by atoms with Crippen LogP contribution in [0.5, 0.6) is 0 Å². The van der Waals surface area contributed by atoms with Crippen molar-refractivity contribution < 1.29 is 4.79 Å². The Morgan fingerprint density at radius 3 is 2.82 bits per heavy atom. The minimum absolute atomic E-state index is 0.0308. The number of unbranched alkanes of at least 4 members (excludes halogenated alkanes) is 1. The number of carbonyl (C=O) groups is 1. The molecule has 0 aliphatic heterocycles. The number of aryl methyl sites for hydroxylation is 1. The number of thioether (sulfide) groups is 1. The summed E-state index contributed by atoms with van der Waals surface area (Å²) in [6, 6.07) is 11.2. The summed E-state index contributed by atoms with van der Waals surface area (Å²) in [7, 11) is 0. The van der Waals surface area contributed by atoms with Gasteiger partial charge in [0.2, 0.25) is 11.7 Å². The molecule has 7 nitrogen and oxygen atoms in total. The van der Waals surface area contributed by atoms with Gasteiger partial charge in [-0.2, -0.15) is 0 Å². The zero-order valence-corrected chi connectivity index (χ0v) is 16.9. The molecule has 0 unspecified atom stereocenters. The molecule has 3 heterocycles. The molecule has 0 spiro atoms. The smallest absolute Gasteiger partial charge is 0.272 e. The average molecular weight is 414 g/mol. The second-order valence-electron chi connectivity index (χ2n) is 6.27. The minimum atomic E-state index is -0.117. The first kappa shape index (κ1) is 18.7. The van der Waals surface area contributed by atoms with E-state index in [0.717, 1.165) is 24.0 Å². The van der Waals surface area contributed by atoms with Crippen molar-refractivity contribution in [2.75, 3.05) is 11.1 Å². The van der Waals surface area contributed by atoms with Crippen LogP contribution >= 0.6 is 23.1 Å². The van der Waals surface area contributed by atoms with Crippen molar-refractivity contribution in [3.63, 3.8) is 0 Å². The Morgan fingerprint density at radius 2 is 2.04 bits per heavy atom. The lowest BCUT2D eigenvalue weighted by atomic mass is 10.3. The lowest BCUT2D eigenvalue weighted by molar-refractivity contribution is -0.113. The number of para-hydroxylation sites is 1. The van der Waals surface area contributed by atoms with E-state index in [0.29, 0.717) is 22.2 Å². The summed E-state index contributed by atoms with van der Waals surface area (Å²) >= 11 is 2.72. The van der Waals surface area contributed by atoms with Crippen molar-refractivity contribution in [2.45, 2.75) is 31.5 Å². The Labute approximate surface area is 169 Å². The lowest BCUT2D eigenvalue weighted by Crippen LogP contribution is -2.22. The number of amides is 1. The van der Waals surface area contributed by atoms with Gasteiger partial charge < -0.3 is 5.32 Å². The van der Waals surface area contributed by atoms with Crippen LogP contribution in [0.15, 0.2) is 51.7 Å². The molecule has 0 aliphatic rings. The van der Waals surface area contributed by atoms with Crippen molar-refractivity contribution in [3.8, 4) is 0 Å². The van der Waals surface area contributed by atoms with Gasteiger partial charge >= 0.3 is 0 Å². The number of thiophene rings is 1. The summed E-state index contributed by atoms with van der Waals surface area (Å²) in [5, 5.41) is 13.9. The van der Waals surface area contributed by atoms with E-state index in [1.165, 1.54) is 23.1 Å². The van der Waals surface area contributed by atoms with E-state index in [4.69, 9.17) is 0 Å². The first-order valence-corrected chi connectivity index (χ1v) is 10.9. The van der Waals surface area contributed by atoms with Crippen LogP contribution < -0.4 is 10.9 Å². The van der Waals surface area contributed by atoms with Gasteiger partial charge in [0.25, 0.3) is 5.56 Å². The van der Waals surface area contributed by atoms with Gasteiger partial charge in [0, 0.05) is 12.2 Å². The number of hydrogen-bond acceptors (Lipinski definition) is 6. The van der Waals surface area contributed by atoms with E-state index in [-0.39, 0.29) is 17.2 Å². The van der Waals surface area contributed by atoms with E-state index < -0.39 is 0 Å². The summed E-state index contributed by atoms with van der Waals surface area (Å²) in [5.41, 5.74) is 1.51. The number of anilines is 1. The Balaban J connectivity index is 1.64. The minimum Gasteiger partial charge on any atom is -0.325 e. The molecule has 9 heteroatoms. The monoisotopic (exact) mass is 413 g/mol. The highest BCUT2D eigenvalue weighted by Crippen LogP contribution is 2.24. The number of hydrogen-bond donors (Lipinski definition) is 1. The molecule has 4 rings (SSSR count). The van der Waals surface area contributed by atoms with E-state index in [1.54, 1.807) is 4.57 Å². The first-order chi connectivity index (χ1) is 13.7. The zero-order valence-electron chi connectivity index (χ0n) is 15.3. The van der Waals surface area contributed by atoms with Gasteiger partial charge in [0.15, 0.2) is 5.16 Å². The maximum absolute atomic E-state index is 12.8. The average Bonchev–Trinajstić information content (AvgIpc) is 3.34. The molecule has 1 aromatic carbocycles. The number of rotatable bonds is 7. The molecule has 0 bridgehead atoms. The molecule has 4 aromatic rings. The van der Waals surface area contributed by atoms with Crippen molar-refractivity contribution >= 4 is 50.7 Å². The third-order valence-electron chi connectivity index (χ3n) is 4.31. The molecule has 144 valence electrons. The zero-order chi connectivity index (χ0) is 19.5. The SMILES string of the molecule is CCCCn1c(=O)c2sccc2n2c(SCC(=O)Nc3ccccc3)nnc12. The highest BCUT2D eigenvalue weighted by molar-refractivity contribution is 7.99. The van der Waals surface area contributed by atoms with Gasteiger partial charge in [-0.05, 0) is 30.0 Å². The molecule has 1 N–H and O–H groups in total. The summed E-state index contributed by atoms with van der Waals surface area (Å²) in [4.78, 5) is 25.1. The maximum atomic E-state index is 12.8. The number of aromatic nitrogens is 4.